The van der Waals surface area contributed by atoms with Crippen LogP contribution >= 0.6 is 23.4 Å². The molecule has 1 atom stereocenters. The number of piperidine rings is 1. The first-order valence-electron chi connectivity index (χ1n) is 9.19. The summed E-state index contributed by atoms with van der Waals surface area (Å²) in [6.07, 6.45) is 2.88. The molecule has 1 N–H and O–H groups in total. The molecule has 2 aliphatic heterocycles. The molecule has 0 spiro atoms. The van der Waals surface area contributed by atoms with Crippen molar-refractivity contribution in [3.8, 4) is 0 Å². The Bertz CT molecular complexity index is 747. The molecular formula is C21H23ClN2OS. The Labute approximate surface area is 164 Å². The minimum Gasteiger partial charge on any atom is -0.352 e. The normalized spacial score (nSPS) is 20.7. The molecule has 5 heteroatoms. The number of hydrogen-bond acceptors (Lipinski definition) is 3. The third-order valence-corrected chi connectivity index (χ3v) is 6.76. The quantitative estimate of drug-likeness (QED) is 0.857. The monoisotopic (exact) mass is 386 g/mol. The fourth-order valence-electron chi connectivity index (χ4n) is 3.71. The zero-order valence-corrected chi connectivity index (χ0v) is 16.2. The second-order valence-electron chi connectivity index (χ2n) is 7.10. The van der Waals surface area contributed by atoms with E-state index in [2.05, 4.69) is 40.5 Å². The molecule has 1 saturated heterocycles. The maximum absolute atomic E-state index is 12.6. The molecule has 4 rings (SSSR count). The summed E-state index contributed by atoms with van der Waals surface area (Å²) >= 11 is 7.65. The summed E-state index contributed by atoms with van der Waals surface area (Å²) in [5.41, 5.74) is 2.59. The lowest BCUT2D eigenvalue weighted by Gasteiger charge is -2.32. The molecule has 2 aliphatic rings. The van der Waals surface area contributed by atoms with Crippen LogP contribution < -0.4 is 5.32 Å². The lowest BCUT2D eigenvalue weighted by Crippen LogP contribution is -2.46. The van der Waals surface area contributed by atoms with Gasteiger partial charge < -0.3 is 5.32 Å². The van der Waals surface area contributed by atoms with Crippen LogP contribution in [-0.2, 0) is 17.8 Å². The number of thioether (sulfide) groups is 1. The van der Waals surface area contributed by atoms with Gasteiger partial charge in [-0.05, 0) is 48.6 Å². The molecule has 1 fully saturated rings. The first kappa shape index (κ1) is 17.9. The molecule has 2 aromatic rings. The van der Waals surface area contributed by atoms with E-state index in [-0.39, 0.29) is 11.2 Å². The second kappa shape index (κ2) is 8.03. The van der Waals surface area contributed by atoms with Crippen molar-refractivity contribution in [3.05, 3.63) is 64.7 Å². The maximum atomic E-state index is 12.6. The van der Waals surface area contributed by atoms with Crippen LogP contribution in [0.25, 0.3) is 0 Å². The maximum Gasteiger partial charge on any atom is 0.234 e. The van der Waals surface area contributed by atoms with E-state index in [9.17, 15) is 4.79 Å². The highest BCUT2D eigenvalue weighted by Gasteiger charge is 2.30. The van der Waals surface area contributed by atoms with Gasteiger partial charge in [-0.25, -0.2) is 0 Å². The van der Waals surface area contributed by atoms with Gasteiger partial charge in [0.1, 0.15) is 0 Å². The predicted octanol–water partition coefficient (Wildman–Crippen LogP) is 4.14. The van der Waals surface area contributed by atoms with E-state index in [0.717, 1.165) is 43.9 Å². The van der Waals surface area contributed by atoms with Gasteiger partial charge in [0.15, 0.2) is 0 Å². The molecule has 2 heterocycles. The number of fused-ring (bicyclic) bond motifs is 1. The van der Waals surface area contributed by atoms with Gasteiger partial charge >= 0.3 is 0 Å². The van der Waals surface area contributed by atoms with Crippen LogP contribution in [0.5, 0.6) is 0 Å². The zero-order valence-electron chi connectivity index (χ0n) is 14.7. The van der Waals surface area contributed by atoms with Gasteiger partial charge in [0.05, 0.1) is 5.25 Å². The molecule has 0 bridgehead atoms. The topological polar surface area (TPSA) is 32.3 Å². The average Bonchev–Trinajstić information content (AvgIpc) is 3.10. The molecule has 1 amide bonds. The molecule has 2 aromatic carbocycles. The van der Waals surface area contributed by atoms with Crippen LogP contribution in [0, 0.1) is 0 Å². The first-order valence-corrected chi connectivity index (χ1v) is 10.4. The number of carbonyl (C=O) groups is 1. The van der Waals surface area contributed by atoms with Crippen LogP contribution in [0.2, 0.25) is 5.02 Å². The number of nitrogens with zero attached hydrogens (tertiary/aromatic N) is 1. The fourth-order valence-corrected chi connectivity index (χ4v) is 5.04. The van der Waals surface area contributed by atoms with E-state index in [1.54, 1.807) is 11.8 Å². The van der Waals surface area contributed by atoms with Crippen LogP contribution in [0.1, 0.15) is 24.0 Å². The van der Waals surface area contributed by atoms with E-state index in [1.807, 2.05) is 18.2 Å². The third kappa shape index (κ3) is 4.25. The lowest BCUT2D eigenvalue weighted by molar-refractivity contribution is -0.121. The number of likely N-dealkylation sites (tertiary alicyclic amines) is 1. The molecule has 0 aliphatic carbocycles. The SMILES string of the molecule is O=C(NC1CCN(Cc2ccc(Cl)cc2)CC1)C1Cc2ccccc2S1. The Morgan fingerprint density at radius 3 is 2.58 bits per heavy atom. The molecule has 0 aromatic heterocycles. The van der Waals surface area contributed by atoms with E-state index in [1.165, 1.54) is 16.0 Å². The van der Waals surface area contributed by atoms with Crippen LogP contribution in [0.4, 0.5) is 0 Å². The fraction of sp³-hybridized carbons (Fsp3) is 0.381. The van der Waals surface area contributed by atoms with Crippen molar-refractivity contribution in [2.75, 3.05) is 13.1 Å². The van der Waals surface area contributed by atoms with E-state index in [0.29, 0.717) is 6.04 Å². The van der Waals surface area contributed by atoms with Crippen LogP contribution in [0.3, 0.4) is 0 Å². The highest BCUT2D eigenvalue weighted by atomic mass is 35.5. The first-order chi connectivity index (χ1) is 12.7. The summed E-state index contributed by atoms with van der Waals surface area (Å²) < 4.78 is 0. The smallest absolute Gasteiger partial charge is 0.234 e. The summed E-state index contributed by atoms with van der Waals surface area (Å²) in [6.45, 7) is 2.99. The molecular weight excluding hydrogens is 364 g/mol. The number of amides is 1. The second-order valence-corrected chi connectivity index (χ2v) is 8.78. The number of hydrogen-bond donors (Lipinski definition) is 1. The van der Waals surface area contributed by atoms with Crippen molar-refractivity contribution in [2.45, 2.75) is 42.0 Å². The third-order valence-electron chi connectivity index (χ3n) is 5.19. The van der Waals surface area contributed by atoms with Crippen molar-refractivity contribution >= 4 is 29.3 Å². The van der Waals surface area contributed by atoms with Gasteiger partial charge in [0.25, 0.3) is 0 Å². The highest BCUT2D eigenvalue weighted by Crippen LogP contribution is 2.36. The van der Waals surface area contributed by atoms with Crippen LogP contribution in [0.15, 0.2) is 53.4 Å². The van der Waals surface area contributed by atoms with E-state index in [4.69, 9.17) is 11.6 Å². The van der Waals surface area contributed by atoms with Gasteiger partial charge in [-0.3, -0.25) is 9.69 Å². The van der Waals surface area contributed by atoms with E-state index < -0.39 is 0 Å². The van der Waals surface area contributed by atoms with Gasteiger partial charge in [-0.2, -0.15) is 0 Å². The van der Waals surface area contributed by atoms with Gasteiger partial charge in [-0.15, -0.1) is 11.8 Å². The molecule has 3 nitrogen and oxygen atoms in total. The number of carbonyl (C=O) groups excluding carboxylic acids is 1. The van der Waals surface area contributed by atoms with Crippen molar-refractivity contribution < 1.29 is 4.79 Å². The molecule has 1 unspecified atom stereocenters. The van der Waals surface area contributed by atoms with Crippen molar-refractivity contribution in [2.24, 2.45) is 0 Å². The standard InChI is InChI=1S/C21H23ClN2OS/c22-17-7-5-15(6-8-17)14-24-11-9-18(10-12-24)23-21(25)20-13-16-3-1-2-4-19(16)26-20/h1-8,18,20H,9-14H2,(H,23,25). The zero-order chi connectivity index (χ0) is 17.9. The minimum absolute atomic E-state index is 0.0273. The van der Waals surface area contributed by atoms with Gasteiger partial charge in [0, 0.05) is 35.6 Å². The van der Waals surface area contributed by atoms with Gasteiger partial charge in [0.2, 0.25) is 5.91 Å². The summed E-state index contributed by atoms with van der Waals surface area (Å²) in [7, 11) is 0. The Kier molecular flexibility index (Phi) is 5.53. The van der Waals surface area contributed by atoms with Gasteiger partial charge in [-0.1, -0.05) is 41.9 Å². The lowest BCUT2D eigenvalue weighted by atomic mass is 10.0. The van der Waals surface area contributed by atoms with E-state index >= 15 is 0 Å². The largest absolute Gasteiger partial charge is 0.352 e. The van der Waals surface area contributed by atoms with Crippen molar-refractivity contribution in [1.82, 2.24) is 10.2 Å². The highest BCUT2D eigenvalue weighted by molar-refractivity contribution is 8.01. The Morgan fingerprint density at radius 1 is 1.12 bits per heavy atom. The predicted molar refractivity (Wildman–Crippen MR) is 108 cm³/mol. The minimum atomic E-state index is 0.0273. The Morgan fingerprint density at radius 2 is 1.85 bits per heavy atom. The molecule has 0 saturated carbocycles. The summed E-state index contributed by atoms with van der Waals surface area (Å²) in [4.78, 5) is 16.3. The number of halogens is 1. The van der Waals surface area contributed by atoms with Crippen LogP contribution in [-0.4, -0.2) is 35.2 Å². The Hall–Kier alpha value is -1.49. The average molecular weight is 387 g/mol. The number of rotatable bonds is 4. The summed E-state index contributed by atoms with van der Waals surface area (Å²) in [5.74, 6) is 0.197. The summed E-state index contributed by atoms with van der Waals surface area (Å²) in [6, 6.07) is 16.7. The number of nitrogens with one attached hydrogen (secondary N) is 1. The Balaban J connectivity index is 1.24. The molecule has 136 valence electrons. The molecule has 26 heavy (non-hydrogen) atoms. The summed E-state index contributed by atoms with van der Waals surface area (Å²) in [5, 5.41) is 4.09. The van der Waals surface area contributed by atoms with Crippen molar-refractivity contribution in [1.29, 1.82) is 0 Å². The molecule has 0 radical (unpaired) electrons. The number of benzene rings is 2. The van der Waals surface area contributed by atoms with Crippen molar-refractivity contribution in [3.63, 3.8) is 0 Å².